The molecule has 12 rings (SSSR count). The van der Waals surface area contributed by atoms with Crippen LogP contribution in [0, 0.1) is 0 Å². The SMILES string of the molecule is CC1(c2ccccc2)c2ccccc2-c2ccc(-c3cc(-c4ccc(-c5ccc(-c6ccc7c(c6)oc6ccccc67)c6ccccc56)cc4)nc(-c4ccccc4)n3)cc21. The van der Waals surface area contributed by atoms with Crippen molar-refractivity contribution in [2.45, 2.75) is 12.3 Å². The van der Waals surface area contributed by atoms with Crippen LogP contribution in [0.3, 0.4) is 0 Å². The predicted molar refractivity (Wildman–Crippen MR) is 251 cm³/mol. The van der Waals surface area contributed by atoms with Gasteiger partial charge in [0.1, 0.15) is 11.2 Å². The number of furan rings is 1. The second-order valence-electron chi connectivity index (χ2n) is 16.2. The molecular formula is C58H38N2O. The normalized spacial score (nSPS) is 14.4. The molecule has 61 heavy (non-hydrogen) atoms. The van der Waals surface area contributed by atoms with Crippen molar-refractivity contribution in [2.24, 2.45) is 0 Å². The van der Waals surface area contributed by atoms with Crippen LogP contribution in [0.25, 0.3) is 100.0 Å². The van der Waals surface area contributed by atoms with Crippen LogP contribution in [0.15, 0.2) is 217 Å². The third-order valence-electron chi connectivity index (χ3n) is 12.8. The quantitative estimate of drug-likeness (QED) is 0.169. The summed E-state index contributed by atoms with van der Waals surface area (Å²) in [6, 6.07) is 75.8. The van der Waals surface area contributed by atoms with Gasteiger partial charge in [0.25, 0.3) is 0 Å². The molecule has 2 aromatic heterocycles. The van der Waals surface area contributed by atoms with Gasteiger partial charge in [-0.25, -0.2) is 9.97 Å². The largest absolute Gasteiger partial charge is 0.456 e. The van der Waals surface area contributed by atoms with Gasteiger partial charge in [0.15, 0.2) is 5.82 Å². The summed E-state index contributed by atoms with van der Waals surface area (Å²) in [6.07, 6.45) is 0. The molecule has 0 fully saturated rings. The molecule has 1 aliphatic rings. The zero-order chi connectivity index (χ0) is 40.5. The molecule has 0 radical (unpaired) electrons. The van der Waals surface area contributed by atoms with Crippen LogP contribution in [0.2, 0.25) is 0 Å². The maximum absolute atomic E-state index is 6.28. The highest BCUT2D eigenvalue weighted by Crippen LogP contribution is 2.53. The van der Waals surface area contributed by atoms with Gasteiger partial charge in [-0.15, -0.1) is 0 Å². The molecule has 0 saturated carbocycles. The Labute approximate surface area is 354 Å². The van der Waals surface area contributed by atoms with Crippen molar-refractivity contribution in [2.75, 3.05) is 0 Å². The molecule has 0 amide bonds. The number of aromatic nitrogens is 2. The van der Waals surface area contributed by atoms with E-state index in [1.807, 2.05) is 30.3 Å². The first-order chi connectivity index (χ1) is 30.1. The van der Waals surface area contributed by atoms with Crippen LogP contribution in [-0.4, -0.2) is 9.97 Å². The minimum absolute atomic E-state index is 0.304. The molecule has 3 nitrogen and oxygen atoms in total. The number of benzene rings is 9. The lowest BCUT2D eigenvalue weighted by Crippen LogP contribution is -2.22. The Bertz CT molecular complexity index is 3480. The Morgan fingerprint density at radius 3 is 1.66 bits per heavy atom. The van der Waals surface area contributed by atoms with Crippen LogP contribution in [0.1, 0.15) is 23.6 Å². The highest BCUT2D eigenvalue weighted by Gasteiger charge is 2.40. The fraction of sp³-hybridized carbons (Fsp3) is 0.0345. The fourth-order valence-corrected chi connectivity index (χ4v) is 9.71. The maximum atomic E-state index is 6.28. The van der Waals surface area contributed by atoms with Gasteiger partial charge >= 0.3 is 0 Å². The van der Waals surface area contributed by atoms with E-state index in [4.69, 9.17) is 14.4 Å². The van der Waals surface area contributed by atoms with Crippen molar-refractivity contribution in [1.82, 2.24) is 9.97 Å². The monoisotopic (exact) mass is 778 g/mol. The number of nitrogens with zero attached hydrogens (tertiary/aromatic N) is 2. The first kappa shape index (κ1) is 35.1. The van der Waals surface area contributed by atoms with Gasteiger partial charge in [-0.1, -0.05) is 182 Å². The number of hydrogen-bond donors (Lipinski definition) is 0. The first-order valence-corrected chi connectivity index (χ1v) is 20.9. The van der Waals surface area contributed by atoms with E-state index in [1.165, 1.54) is 49.7 Å². The molecule has 9 aromatic carbocycles. The third-order valence-corrected chi connectivity index (χ3v) is 12.8. The zero-order valence-electron chi connectivity index (χ0n) is 33.5. The first-order valence-electron chi connectivity index (χ1n) is 20.9. The molecule has 1 atom stereocenters. The van der Waals surface area contributed by atoms with Crippen molar-refractivity contribution in [3.8, 4) is 67.3 Å². The zero-order valence-corrected chi connectivity index (χ0v) is 33.5. The van der Waals surface area contributed by atoms with Crippen molar-refractivity contribution < 1.29 is 4.42 Å². The summed E-state index contributed by atoms with van der Waals surface area (Å²) in [5, 5.41) is 4.68. The molecule has 1 unspecified atom stereocenters. The summed E-state index contributed by atoms with van der Waals surface area (Å²) < 4.78 is 6.28. The minimum Gasteiger partial charge on any atom is -0.456 e. The van der Waals surface area contributed by atoms with E-state index in [2.05, 4.69) is 189 Å². The molecule has 0 N–H and O–H groups in total. The van der Waals surface area contributed by atoms with Gasteiger partial charge < -0.3 is 4.42 Å². The molecule has 0 spiro atoms. The Morgan fingerprint density at radius 2 is 0.885 bits per heavy atom. The Kier molecular flexibility index (Phi) is 7.98. The van der Waals surface area contributed by atoms with Crippen LogP contribution in [0.5, 0.6) is 0 Å². The van der Waals surface area contributed by atoms with Crippen LogP contribution in [0.4, 0.5) is 0 Å². The molecule has 286 valence electrons. The van der Waals surface area contributed by atoms with Crippen molar-refractivity contribution >= 4 is 32.7 Å². The summed E-state index contributed by atoms with van der Waals surface area (Å²) in [6.45, 7) is 2.36. The Balaban J connectivity index is 0.941. The fourth-order valence-electron chi connectivity index (χ4n) is 9.71. The molecule has 0 aliphatic heterocycles. The molecule has 2 heterocycles. The summed E-state index contributed by atoms with van der Waals surface area (Å²) in [7, 11) is 0. The maximum Gasteiger partial charge on any atom is 0.160 e. The van der Waals surface area contributed by atoms with Crippen molar-refractivity contribution in [3.05, 3.63) is 229 Å². The predicted octanol–water partition coefficient (Wildman–Crippen LogP) is 15.2. The van der Waals surface area contributed by atoms with Gasteiger partial charge in [0.05, 0.1) is 11.4 Å². The lowest BCUT2D eigenvalue weighted by molar-refractivity contribution is 0.669. The van der Waals surface area contributed by atoms with E-state index < -0.39 is 0 Å². The van der Waals surface area contributed by atoms with Gasteiger partial charge in [-0.2, -0.15) is 0 Å². The molecule has 11 aromatic rings. The molecule has 1 aliphatic carbocycles. The van der Waals surface area contributed by atoms with E-state index in [-0.39, 0.29) is 5.41 Å². The van der Waals surface area contributed by atoms with Crippen molar-refractivity contribution in [3.63, 3.8) is 0 Å². The van der Waals surface area contributed by atoms with E-state index in [0.717, 1.165) is 61.1 Å². The summed E-state index contributed by atoms with van der Waals surface area (Å²) >= 11 is 0. The van der Waals surface area contributed by atoms with E-state index in [1.54, 1.807) is 0 Å². The smallest absolute Gasteiger partial charge is 0.160 e. The number of para-hydroxylation sites is 1. The van der Waals surface area contributed by atoms with Gasteiger partial charge in [-0.3, -0.25) is 0 Å². The highest BCUT2D eigenvalue weighted by molar-refractivity contribution is 6.09. The van der Waals surface area contributed by atoms with Crippen LogP contribution >= 0.6 is 0 Å². The van der Waals surface area contributed by atoms with Crippen LogP contribution < -0.4 is 0 Å². The van der Waals surface area contributed by atoms with E-state index in [9.17, 15) is 0 Å². The molecular weight excluding hydrogens is 741 g/mol. The lowest BCUT2D eigenvalue weighted by Gasteiger charge is -2.28. The molecule has 0 bridgehead atoms. The van der Waals surface area contributed by atoms with Gasteiger partial charge in [0.2, 0.25) is 0 Å². The standard InChI is InChI=1S/C58H38N2O/c1-58(42-16-6-3-7-17-42)51-22-12-10-20-47(51)48-30-29-41(34-52(48)58)54-36-53(59-57(60-54)39-14-4-2-5-15-39)38-26-24-37(25-27-38)43-32-33-44(46-19-9-8-18-45(43)46)40-28-31-50-49-21-11-13-23-55(49)61-56(50)35-40/h2-36H,1H3. The molecule has 3 heteroatoms. The van der Waals surface area contributed by atoms with Gasteiger partial charge in [-0.05, 0) is 98.1 Å². The van der Waals surface area contributed by atoms with Gasteiger partial charge in [0, 0.05) is 32.9 Å². The van der Waals surface area contributed by atoms with Crippen molar-refractivity contribution in [1.29, 1.82) is 0 Å². The summed E-state index contributed by atoms with van der Waals surface area (Å²) in [5.74, 6) is 0.703. The number of hydrogen-bond acceptors (Lipinski definition) is 3. The second kappa shape index (κ2) is 13.9. The topological polar surface area (TPSA) is 38.9 Å². The third kappa shape index (κ3) is 5.66. The number of rotatable bonds is 6. The van der Waals surface area contributed by atoms with E-state index >= 15 is 0 Å². The van der Waals surface area contributed by atoms with Crippen LogP contribution in [-0.2, 0) is 5.41 Å². The highest BCUT2D eigenvalue weighted by atomic mass is 16.3. The summed E-state index contributed by atoms with van der Waals surface area (Å²) in [4.78, 5) is 10.4. The summed E-state index contributed by atoms with van der Waals surface area (Å²) in [5.41, 5.74) is 17.5. The number of fused-ring (bicyclic) bond motifs is 7. The average Bonchev–Trinajstić information content (AvgIpc) is 3.84. The van der Waals surface area contributed by atoms with E-state index in [0.29, 0.717) is 5.82 Å². The average molecular weight is 779 g/mol. The minimum atomic E-state index is -0.304. The second-order valence-corrected chi connectivity index (χ2v) is 16.2. The molecule has 0 saturated heterocycles. The lowest BCUT2D eigenvalue weighted by atomic mass is 9.74. The Hall–Kier alpha value is -7.88. The Morgan fingerprint density at radius 1 is 0.344 bits per heavy atom.